The van der Waals surface area contributed by atoms with Crippen LogP contribution in [0.4, 0.5) is 5.69 Å². The number of amides is 1. The molecule has 4 rings (SSSR count). The van der Waals surface area contributed by atoms with Crippen molar-refractivity contribution in [3.63, 3.8) is 0 Å². The molecule has 0 aliphatic carbocycles. The van der Waals surface area contributed by atoms with E-state index in [1.807, 2.05) is 0 Å². The lowest BCUT2D eigenvalue weighted by Crippen LogP contribution is -2.16. The van der Waals surface area contributed by atoms with Gasteiger partial charge < -0.3 is 10.1 Å². The predicted molar refractivity (Wildman–Crippen MR) is 117 cm³/mol. The molecule has 2 aromatic heterocycles. The zero-order valence-electron chi connectivity index (χ0n) is 16.2. The van der Waals surface area contributed by atoms with Crippen LogP contribution >= 0.6 is 22.9 Å². The molecular formula is C21H15ClN4O4S. The van der Waals surface area contributed by atoms with Gasteiger partial charge in [0.1, 0.15) is 11.6 Å². The molecule has 0 aliphatic heterocycles. The highest BCUT2D eigenvalue weighted by Crippen LogP contribution is 2.16. The summed E-state index contributed by atoms with van der Waals surface area (Å²) in [6, 6.07) is 14.1. The van der Waals surface area contributed by atoms with Gasteiger partial charge in [-0.2, -0.15) is 9.61 Å². The highest BCUT2D eigenvalue weighted by molar-refractivity contribution is 7.16. The maximum Gasteiger partial charge on any atom is 0.338 e. The highest BCUT2D eigenvalue weighted by atomic mass is 35.5. The number of aryl methyl sites for hydroxylation is 1. The molecule has 31 heavy (non-hydrogen) atoms. The molecule has 156 valence electrons. The minimum Gasteiger partial charge on any atom is -0.456 e. The van der Waals surface area contributed by atoms with E-state index < -0.39 is 5.97 Å². The van der Waals surface area contributed by atoms with Gasteiger partial charge in [-0.05, 0) is 49.4 Å². The van der Waals surface area contributed by atoms with E-state index in [9.17, 15) is 14.4 Å². The van der Waals surface area contributed by atoms with Crippen molar-refractivity contribution in [3.05, 3.63) is 91.8 Å². The number of halogens is 1. The molecule has 8 nitrogen and oxygen atoms in total. The third-order valence-corrected chi connectivity index (χ3v) is 5.29. The van der Waals surface area contributed by atoms with Crippen molar-refractivity contribution >= 4 is 45.5 Å². The summed E-state index contributed by atoms with van der Waals surface area (Å²) < 4.78 is 6.50. The number of carbonyl (C=O) groups is 2. The summed E-state index contributed by atoms with van der Waals surface area (Å²) in [6.07, 6.45) is 0. The van der Waals surface area contributed by atoms with Crippen LogP contribution in [-0.4, -0.2) is 26.5 Å². The van der Waals surface area contributed by atoms with Crippen LogP contribution in [0.15, 0.2) is 59.4 Å². The Morgan fingerprint density at radius 3 is 2.68 bits per heavy atom. The maximum atomic E-state index is 12.4. The van der Waals surface area contributed by atoms with Gasteiger partial charge in [-0.1, -0.05) is 29.0 Å². The van der Waals surface area contributed by atoms with Gasteiger partial charge in [-0.3, -0.25) is 9.59 Å². The zero-order valence-corrected chi connectivity index (χ0v) is 17.7. The first kappa shape index (κ1) is 20.7. The fraction of sp³-hybridized carbons (Fsp3) is 0.0952. The zero-order chi connectivity index (χ0) is 22.0. The Labute approximate surface area is 185 Å². The average molecular weight is 455 g/mol. The van der Waals surface area contributed by atoms with Crippen molar-refractivity contribution in [2.75, 3.05) is 5.32 Å². The molecule has 4 aromatic rings. The number of hydrogen-bond acceptors (Lipinski definition) is 7. The second-order valence-corrected chi connectivity index (χ2v) is 8.12. The van der Waals surface area contributed by atoms with Gasteiger partial charge in [0.05, 0.1) is 11.3 Å². The molecule has 0 bridgehead atoms. The summed E-state index contributed by atoms with van der Waals surface area (Å²) in [6.45, 7) is 1.61. The van der Waals surface area contributed by atoms with Crippen molar-refractivity contribution in [1.29, 1.82) is 0 Å². The Morgan fingerprint density at radius 1 is 1.13 bits per heavy atom. The summed E-state index contributed by atoms with van der Waals surface area (Å²) in [7, 11) is 0. The molecule has 0 saturated heterocycles. The topological polar surface area (TPSA) is 103 Å². The van der Waals surface area contributed by atoms with Gasteiger partial charge in [0.2, 0.25) is 4.96 Å². The van der Waals surface area contributed by atoms with E-state index in [1.54, 1.807) is 49.4 Å². The number of nitrogens with zero attached hydrogens (tertiary/aromatic N) is 3. The van der Waals surface area contributed by atoms with Gasteiger partial charge in [0.25, 0.3) is 11.5 Å². The number of aromatic nitrogens is 3. The number of anilines is 1. The maximum absolute atomic E-state index is 12.4. The lowest BCUT2D eigenvalue weighted by Gasteiger charge is -2.08. The average Bonchev–Trinajstić information content (AvgIpc) is 3.13. The fourth-order valence-corrected chi connectivity index (χ4v) is 3.67. The van der Waals surface area contributed by atoms with Crippen LogP contribution in [-0.2, 0) is 11.3 Å². The van der Waals surface area contributed by atoms with E-state index in [0.717, 1.165) is 0 Å². The first-order valence-corrected chi connectivity index (χ1v) is 10.3. The number of nitrogens with one attached hydrogen (secondary N) is 1. The van der Waals surface area contributed by atoms with Gasteiger partial charge in [0, 0.05) is 22.3 Å². The van der Waals surface area contributed by atoms with E-state index in [1.165, 1.54) is 28.0 Å². The van der Waals surface area contributed by atoms with Crippen molar-refractivity contribution in [1.82, 2.24) is 14.6 Å². The Hall–Kier alpha value is -3.56. The van der Waals surface area contributed by atoms with Crippen LogP contribution in [0.3, 0.4) is 0 Å². The summed E-state index contributed by atoms with van der Waals surface area (Å²) in [5.74, 6) is -0.940. The number of benzene rings is 2. The molecule has 0 fully saturated rings. The normalized spacial score (nSPS) is 10.8. The van der Waals surface area contributed by atoms with Crippen molar-refractivity contribution in [3.8, 4) is 0 Å². The summed E-state index contributed by atoms with van der Waals surface area (Å²) in [5, 5.41) is 8.03. The van der Waals surface area contributed by atoms with Crippen LogP contribution in [0.5, 0.6) is 0 Å². The Morgan fingerprint density at radius 2 is 1.90 bits per heavy atom. The molecular weight excluding hydrogens is 440 g/mol. The molecule has 1 N–H and O–H groups in total. The Bertz CT molecular complexity index is 1350. The van der Waals surface area contributed by atoms with Crippen LogP contribution in [0, 0.1) is 6.92 Å². The number of ether oxygens (including phenoxy) is 1. The molecule has 0 saturated carbocycles. The second-order valence-electron chi connectivity index (χ2n) is 6.52. The van der Waals surface area contributed by atoms with Crippen LogP contribution in [0.1, 0.15) is 31.4 Å². The summed E-state index contributed by atoms with van der Waals surface area (Å²) >= 11 is 7.11. The van der Waals surface area contributed by atoms with E-state index in [0.29, 0.717) is 31.9 Å². The number of rotatable bonds is 5. The van der Waals surface area contributed by atoms with Crippen molar-refractivity contribution in [2.45, 2.75) is 13.5 Å². The van der Waals surface area contributed by atoms with E-state index in [4.69, 9.17) is 16.3 Å². The minimum absolute atomic E-state index is 0.164. The first-order chi connectivity index (χ1) is 14.9. The quantitative estimate of drug-likeness (QED) is 0.461. The standard InChI is InChI=1S/C21H15ClN4O4S/c1-12-25-26-18(27)10-17(24-21(26)31-12)11-30-20(29)14-3-2-4-16(9-14)23-19(28)13-5-7-15(22)8-6-13/h2-10H,11H2,1H3,(H,23,28). The first-order valence-electron chi connectivity index (χ1n) is 9.09. The molecule has 0 spiro atoms. The SMILES string of the molecule is Cc1nn2c(=O)cc(COC(=O)c3cccc(NC(=O)c4ccc(Cl)cc4)c3)nc2s1. The Kier molecular flexibility index (Phi) is 5.79. The van der Waals surface area contributed by atoms with Gasteiger partial charge in [0.15, 0.2) is 0 Å². The smallest absolute Gasteiger partial charge is 0.338 e. The molecule has 0 atom stereocenters. The molecule has 0 radical (unpaired) electrons. The third kappa shape index (κ3) is 4.79. The number of esters is 1. The molecule has 0 unspecified atom stereocenters. The van der Waals surface area contributed by atoms with Crippen molar-refractivity contribution in [2.24, 2.45) is 0 Å². The van der Waals surface area contributed by atoms with Crippen LogP contribution < -0.4 is 10.9 Å². The fourth-order valence-electron chi connectivity index (χ4n) is 2.78. The van der Waals surface area contributed by atoms with Gasteiger partial charge >= 0.3 is 5.97 Å². The number of fused-ring (bicyclic) bond motifs is 1. The largest absolute Gasteiger partial charge is 0.456 e. The number of hydrogen-bond donors (Lipinski definition) is 1. The minimum atomic E-state index is -0.606. The van der Waals surface area contributed by atoms with E-state index in [-0.39, 0.29) is 23.6 Å². The molecule has 0 aliphatic rings. The molecule has 2 heterocycles. The molecule has 1 amide bonds. The van der Waals surface area contributed by atoms with Crippen LogP contribution in [0.25, 0.3) is 4.96 Å². The van der Waals surface area contributed by atoms with Gasteiger partial charge in [-0.25, -0.2) is 9.78 Å². The van der Waals surface area contributed by atoms with E-state index in [2.05, 4.69) is 15.4 Å². The second kappa shape index (κ2) is 8.66. The molecule has 10 heteroatoms. The number of carbonyl (C=O) groups excluding carboxylic acids is 2. The summed E-state index contributed by atoms with van der Waals surface area (Å²) in [4.78, 5) is 41.6. The lowest BCUT2D eigenvalue weighted by atomic mass is 10.1. The highest BCUT2D eigenvalue weighted by Gasteiger charge is 2.13. The van der Waals surface area contributed by atoms with Crippen LogP contribution in [0.2, 0.25) is 5.02 Å². The summed E-state index contributed by atoms with van der Waals surface area (Å²) in [5.41, 5.74) is 1.11. The van der Waals surface area contributed by atoms with Crippen molar-refractivity contribution < 1.29 is 14.3 Å². The Balaban J connectivity index is 1.44. The van der Waals surface area contributed by atoms with E-state index >= 15 is 0 Å². The lowest BCUT2D eigenvalue weighted by molar-refractivity contribution is 0.0467. The van der Waals surface area contributed by atoms with Gasteiger partial charge in [-0.15, -0.1) is 0 Å². The molecule has 2 aromatic carbocycles. The third-order valence-electron chi connectivity index (χ3n) is 4.21. The monoisotopic (exact) mass is 454 g/mol. The predicted octanol–water partition coefficient (Wildman–Crippen LogP) is 3.72.